The van der Waals surface area contributed by atoms with Crippen LogP contribution in [0.2, 0.25) is 0 Å². The number of amides is 3. The van der Waals surface area contributed by atoms with E-state index in [-0.39, 0.29) is 52.7 Å². The zero-order valence-corrected chi connectivity index (χ0v) is 18.5. The smallest absolute Gasteiger partial charge is 0.414 e. The van der Waals surface area contributed by atoms with Crippen LogP contribution in [0.25, 0.3) is 0 Å². The third kappa shape index (κ3) is 6.80. The minimum atomic E-state index is -0.631. The number of carbonyl (C=O) groups is 4. The minimum Gasteiger partial charge on any atom is -0.466 e. The first-order valence-electron chi connectivity index (χ1n) is 10.6. The lowest BCUT2D eigenvalue weighted by Gasteiger charge is -2.24. The number of nitrogens with zero attached hydrogens (tertiary/aromatic N) is 3. The molecule has 0 unspecified atom stereocenters. The monoisotopic (exact) mass is 482 g/mol. The van der Waals surface area contributed by atoms with Crippen LogP contribution < -0.4 is 15.1 Å². The van der Waals surface area contributed by atoms with Gasteiger partial charge in [0.2, 0.25) is 5.91 Å². The van der Waals surface area contributed by atoms with Gasteiger partial charge in [-0.15, -0.1) is 0 Å². The highest BCUT2D eigenvalue weighted by atomic mass is 19.1. The molecule has 11 nitrogen and oxygen atoms in total. The molecule has 34 heavy (non-hydrogen) atoms. The largest absolute Gasteiger partial charge is 0.466 e. The summed E-state index contributed by atoms with van der Waals surface area (Å²) < 4.78 is 24.9. The molecule has 2 heterocycles. The van der Waals surface area contributed by atoms with Crippen molar-refractivity contribution in [2.45, 2.75) is 33.8 Å². The van der Waals surface area contributed by atoms with Gasteiger partial charge in [0.25, 0.3) is 5.91 Å². The third-order valence-electron chi connectivity index (χ3n) is 5.10. The van der Waals surface area contributed by atoms with Gasteiger partial charge >= 0.3 is 12.1 Å². The number of hydroxylamine groups is 2. The molecule has 3 amide bonds. The fourth-order valence-electron chi connectivity index (χ4n) is 3.53. The molecule has 1 aromatic rings. The molecular weight excluding hydrogens is 451 g/mol. The minimum absolute atomic E-state index is 0. The van der Waals surface area contributed by atoms with Crippen molar-refractivity contribution in [2.75, 3.05) is 55.7 Å². The fourth-order valence-corrected chi connectivity index (χ4v) is 3.53. The molecule has 3 rings (SSSR count). The highest BCUT2D eigenvalue weighted by molar-refractivity contribution is 5.93. The zero-order chi connectivity index (χ0) is 24.0. The highest BCUT2D eigenvalue weighted by Crippen LogP contribution is 2.28. The van der Waals surface area contributed by atoms with Gasteiger partial charge in [-0.2, -0.15) is 0 Å². The number of ether oxygens (including phenoxy) is 2. The van der Waals surface area contributed by atoms with Crippen molar-refractivity contribution >= 4 is 35.3 Å². The number of carbonyl (C=O) groups excluding carboxylic acids is 4. The van der Waals surface area contributed by atoms with E-state index in [0.717, 1.165) is 5.06 Å². The van der Waals surface area contributed by atoms with Crippen molar-refractivity contribution in [3.05, 3.63) is 24.0 Å². The first kappa shape index (κ1) is 26.8. The van der Waals surface area contributed by atoms with Gasteiger partial charge in [0.15, 0.2) is 0 Å². The Morgan fingerprint density at radius 1 is 1.24 bits per heavy atom. The lowest BCUT2D eigenvalue weighted by atomic mass is 10.2. The van der Waals surface area contributed by atoms with Crippen LogP contribution in [-0.4, -0.2) is 81.0 Å². The summed E-state index contributed by atoms with van der Waals surface area (Å²) in [6, 6.07) is 4.40. The molecule has 0 saturated carbocycles. The number of nitrogens with one attached hydrogen (secondary N) is 1. The SMILES string of the molecule is C.CCOC(=O)CC(=O)N1CCN(c2ccc(N3C[C@H](CNC(C)=O)OC3=O)cc2F)CCO1. The lowest BCUT2D eigenvalue weighted by molar-refractivity contribution is -0.184. The second-order valence-electron chi connectivity index (χ2n) is 7.49. The molecule has 0 radical (unpaired) electrons. The predicted octanol–water partition coefficient (Wildman–Crippen LogP) is 1.46. The van der Waals surface area contributed by atoms with E-state index in [0.29, 0.717) is 17.9 Å². The molecule has 0 aromatic heterocycles. The molecule has 1 aromatic carbocycles. The Balaban J connectivity index is 0.00000408. The summed E-state index contributed by atoms with van der Waals surface area (Å²) in [6.45, 7) is 4.44. The standard InChI is InChI=1S/C21H27FN4O7.CH4/c1-3-31-20(29)11-19(28)26-7-6-24(8-9-32-26)18-5-4-15(10-17(18)22)25-13-16(33-21(25)30)12-23-14(2)27;/h4-5,10,16H,3,6-9,11-13H2,1-2H3,(H,23,27);1H4/t16-;/m0./s1. The number of esters is 1. The maximum atomic E-state index is 15.0. The van der Waals surface area contributed by atoms with E-state index in [1.165, 1.54) is 17.9 Å². The Morgan fingerprint density at radius 3 is 2.68 bits per heavy atom. The van der Waals surface area contributed by atoms with E-state index < -0.39 is 36.3 Å². The van der Waals surface area contributed by atoms with Crippen LogP contribution in [0.1, 0.15) is 27.7 Å². The average Bonchev–Trinajstić information content (AvgIpc) is 2.96. The van der Waals surface area contributed by atoms with Crippen LogP contribution in [0.15, 0.2) is 18.2 Å². The molecule has 1 N–H and O–H groups in total. The second-order valence-corrected chi connectivity index (χ2v) is 7.49. The number of benzene rings is 1. The molecule has 0 spiro atoms. The van der Waals surface area contributed by atoms with Gasteiger partial charge in [-0.3, -0.25) is 24.1 Å². The van der Waals surface area contributed by atoms with Crippen LogP contribution in [0.4, 0.5) is 20.6 Å². The summed E-state index contributed by atoms with van der Waals surface area (Å²) in [4.78, 5) is 55.4. The molecule has 0 aliphatic carbocycles. The Kier molecular flexibility index (Phi) is 9.60. The van der Waals surface area contributed by atoms with Crippen molar-refractivity contribution in [2.24, 2.45) is 0 Å². The van der Waals surface area contributed by atoms with Crippen molar-refractivity contribution in [3.63, 3.8) is 0 Å². The topological polar surface area (TPSA) is 118 Å². The molecule has 2 fully saturated rings. The molecular formula is C22H31FN4O7. The van der Waals surface area contributed by atoms with Crippen LogP contribution in [0, 0.1) is 5.82 Å². The first-order chi connectivity index (χ1) is 15.8. The maximum absolute atomic E-state index is 15.0. The number of cyclic esters (lactones) is 1. The second kappa shape index (κ2) is 12.2. The summed E-state index contributed by atoms with van der Waals surface area (Å²) in [5.41, 5.74) is 0.633. The van der Waals surface area contributed by atoms with Gasteiger partial charge in [0, 0.05) is 20.0 Å². The Bertz CT molecular complexity index is 913. The van der Waals surface area contributed by atoms with Gasteiger partial charge in [-0.25, -0.2) is 14.2 Å². The Hall–Kier alpha value is -3.41. The third-order valence-corrected chi connectivity index (χ3v) is 5.10. The number of anilines is 2. The summed E-state index contributed by atoms with van der Waals surface area (Å²) in [5.74, 6) is -1.93. The first-order valence-corrected chi connectivity index (χ1v) is 10.6. The van der Waals surface area contributed by atoms with Gasteiger partial charge in [-0.05, 0) is 25.1 Å². The summed E-state index contributed by atoms with van der Waals surface area (Å²) in [7, 11) is 0. The number of hydrogen-bond donors (Lipinski definition) is 1. The Labute approximate surface area is 197 Å². The van der Waals surface area contributed by atoms with E-state index in [2.05, 4.69) is 5.32 Å². The van der Waals surface area contributed by atoms with Crippen LogP contribution in [-0.2, 0) is 28.7 Å². The normalized spacial score (nSPS) is 18.0. The van der Waals surface area contributed by atoms with Gasteiger partial charge in [0.05, 0.1) is 44.2 Å². The highest BCUT2D eigenvalue weighted by Gasteiger charge is 2.33. The lowest BCUT2D eigenvalue weighted by Crippen LogP contribution is -2.35. The molecule has 2 aliphatic rings. The molecule has 1 atom stereocenters. The quantitative estimate of drug-likeness (QED) is 0.459. The maximum Gasteiger partial charge on any atom is 0.414 e. The molecule has 2 saturated heterocycles. The average molecular weight is 483 g/mol. The van der Waals surface area contributed by atoms with Crippen molar-refractivity contribution < 1.29 is 37.9 Å². The van der Waals surface area contributed by atoms with Gasteiger partial charge < -0.3 is 19.7 Å². The molecule has 2 aliphatic heterocycles. The predicted molar refractivity (Wildman–Crippen MR) is 121 cm³/mol. The molecule has 188 valence electrons. The van der Waals surface area contributed by atoms with E-state index in [1.54, 1.807) is 24.0 Å². The Morgan fingerprint density at radius 2 is 2.00 bits per heavy atom. The van der Waals surface area contributed by atoms with Crippen LogP contribution >= 0.6 is 0 Å². The van der Waals surface area contributed by atoms with Crippen molar-refractivity contribution in [3.8, 4) is 0 Å². The summed E-state index contributed by atoms with van der Waals surface area (Å²) in [5, 5.41) is 3.68. The fraction of sp³-hybridized carbons (Fsp3) is 0.545. The van der Waals surface area contributed by atoms with Crippen LogP contribution in [0.5, 0.6) is 0 Å². The number of halogens is 1. The van der Waals surface area contributed by atoms with Gasteiger partial charge in [-0.1, -0.05) is 7.43 Å². The van der Waals surface area contributed by atoms with Crippen molar-refractivity contribution in [1.29, 1.82) is 0 Å². The summed E-state index contributed by atoms with van der Waals surface area (Å²) >= 11 is 0. The molecule has 12 heteroatoms. The van der Waals surface area contributed by atoms with Gasteiger partial charge in [0.1, 0.15) is 18.3 Å². The van der Waals surface area contributed by atoms with E-state index in [1.807, 2.05) is 0 Å². The summed E-state index contributed by atoms with van der Waals surface area (Å²) in [6.07, 6.45) is -1.56. The number of rotatable bonds is 7. The number of hydrogen-bond acceptors (Lipinski definition) is 8. The van der Waals surface area contributed by atoms with Crippen molar-refractivity contribution in [1.82, 2.24) is 10.4 Å². The molecule has 0 bridgehead atoms. The van der Waals surface area contributed by atoms with E-state index in [9.17, 15) is 23.6 Å². The van der Waals surface area contributed by atoms with E-state index in [4.69, 9.17) is 14.3 Å². The van der Waals surface area contributed by atoms with Crippen LogP contribution in [0.3, 0.4) is 0 Å². The zero-order valence-electron chi connectivity index (χ0n) is 18.5. The van der Waals surface area contributed by atoms with E-state index >= 15 is 0 Å².